The van der Waals surface area contributed by atoms with Crippen molar-refractivity contribution in [3.8, 4) is 0 Å². The average molecular weight is 283 g/mol. The van der Waals surface area contributed by atoms with Crippen LogP contribution in [-0.4, -0.2) is 47.4 Å². The van der Waals surface area contributed by atoms with Gasteiger partial charge in [0.1, 0.15) is 0 Å². The van der Waals surface area contributed by atoms with Gasteiger partial charge in [-0.15, -0.1) is 0 Å². The minimum atomic E-state index is -0.373. The van der Waals surface area contributed by atoms with Crippen molar-refractivity contribution < 1.29 is 9.59 Å². The van der Waals surface area contributed by atoms with E-state index < -0.39 is 0 Å². The molecule has 20 heavy (non-hydrogen) atoms. The number of hydrogen-bond acceptors (Lipinski definition) is 3. The summed E-state index contributed by atoms with van der Waals surface area (Å²) in [7, 11) is 0. The number of hydrogen-bond donors (Lipinski definition) is 2. The molecule has 1 heterocycles. The fraction of sp³-hybridized carbons (Fsp3) is 0.867. The largest absolute Gasteiger partial charge is 0.350 e. The zero-order chi connectivity index (χ0) is 15.3. The number of rotatable bonds is 6. The first-order valence-electron chi connectivity index (χ1n) is 7.63. The summed E-state index contributed by atoms with van der Waals surface area (Å²) in [6.45, 7) is 11.3. The molecule has 2 atom stereocenters. The number of amides is 2. The fourth-order valence-electron chi connectivity index (χ4n) is 2.26. The van der Waals surface area contributed by atoms with E-state index in [0.717, 1.165) is 32.4 Å². The van der Waals surface area contributed by atoms with E-state index in [1.807, 2.05) is 32.6 Å². The molecule has 2 unspecified atom stereocenters. The van der Waals surface area contributed by atoms with Crippen LogP contribution in [-0.2, 0) is 9.59 Å². The highest BCUT2D eigenvalue weighted by molar-refractivity contribution is 5.85. The van der Waals surface area contributed by atoms with Gasteiger partial charge in [-0.2, -0.15) is 0 Å². The van der Waals surface area contributed by atoms with Crippen LogP contribution in [0.25, 0.3) is 0 Å². The van der Waals surface area contributed by atoms with Crippen LogP contribution in [0, 0.1) is 0 Å². The van der Waals surface area contributed by atoms with Gasteiger partial charge in [-0.1, -0.05) is 6.92 Å². The third-order valence-corrected chi connectivity index (χ3v) is 4.03. The van der Waals surface area contributed by atoms with E-state index >= 15 is 0 Å². The molecule has 1 rings (SSSR count). The van der Waals surface area contributed by atoms with Gasteiger partial charge in [-0.25, -0.2) is 0 Å². The van der Waals surface area contributed by atoms with Gasteiger partial charge in [0.2, 0.25) is 11.8 Å². The van der Waals surface area contributed by atoms with Crippen molar-refractivity contribution in [3.63, 3.8) is 0 Å². The predicted molar refractivity (Wildman–Crippen MR) is 80.4 cm³/mol. The molecule has 5 heteroatoms. The Morgan fingerprint density at radius 1 is 1.15 bits per heavy atom. The molecule has 0 aromatic carbocycles. The first kappa shape index (κ1) is 17.0. The summed E-state index contributed by atoms with van der Waals surface area (Å²) in [6, 6.07) is -0.694. The van der Waals surface area contributed by atoms with Crippen LogP contribution in [0.3, 0.4) is 0 Å². The van der Waals surface area contributed by atoms with Gasteiger partial charge in [0.05, 0.1) is 12.1 Å². The standard InChI is InChI=1S/C15H29N3O2/c1-6-15(4,5)17-13(19)11(2)16-12(3)14(20)18-9-7-8-10-18/h11-12,16H,6-10H2,1-5H3,(H,17,19). The SMILES string of the molecule is CCC(C)(C)NC(=O)C(C)NC(C)C(=O)N1CCCC1. The highest BCUT2D eigenvalue weighted by Crippen LogP contribution is 2.10. The van der Waals surface area contributed by atoms with Crippen molar-refractivity contribution in [1.29, 1.82) is 0 Å². The summed E-state index contributed by atoms with van der Waals surface area (Å²) in [5, 5.41) is 6.09. The molecular weight excluding hydrogens is 254 g/mol. The third kappa shape index (κ3) is 4.78. The van der Waals surface area contributed by atoms with Crippen molar-refractivity contribution >= 4 is 11.8 Å². The van der Waals surface area contributed by atoms with Crippen LogP contribution in [0.1, 0.15) is 53.9 Å². The van der Waals surface area contributed by atoms with Crippen molar-refractivity contribution in [2.24, 2.45) is 0 Å². The van der Waals surface area contributed by atoms with Gasteiger partial charge >= 0.3 is 0 Å². The van der Waals surface area contributed by atoms with E-state index in [1.165, 1.54) is 0 Å². The van der Waals surface area contributed by atoms with E-state index in [9.17, 15) is 9.59 Å². The second-order valence-electron chi connectivity index (χ2n) is 6.37. The highest BCUT2D eigenvalue weighted by Gasteiger charge is 2.27. The average Bonchev–Trinajstić information content (AvgIpc) is 2.90. The summed E-state index contributed by atoms with van der Waals surface area (Å²) in [5.74, 6) is 0.0369. The zero-order valence-electron chi connectivity index (χ0n) is 13.5. The Morgan fingerprint density at radius 2 is 1.70 bits per heavy atom. The Morgan fingerprint density at radius 3 is 2.20 bits per heavy atom. The Labute approximate surface area is 122 Å². The van der Waals surface area contributed by atoms with Crippen LogP contribution >= 0.6 is 0 Å². The van der Waals surface area contributed by atoms with E-state index in [-0.39, 0.29) is 29.4 Å². The summed E-state index contributed by atoms with van der Waals surface area (Å²) in [5.41, 5.74) is -0.213. The lowest BCUT2D eigenvalue weighted by Gasteiger charge is -2.28. The van der Waals surface area contributed by atoms with Crippen molar-refractivity contribution in [1.82, 2.24) is 15.5 Å². The number of carbonyl (C=O) groups excluding carboxylic acids is 2. The van der Waals surface area contributed by atoms with Gasteiger partial charge in [0, 0.05) is 18.6 Å². The van der Waals surface area contributed by atoms with Gasteiger partial charge in [0.25, 0.3) is 0 Å². The Hall–Kier alpha value is -1.10. The van der Waals surface area contributed by atoms with Gasteiger partial charge in [0.15, 0.2) is 0 Å². The van der Waals surface area contributed by atoms with Crippen LogP contribution < -0.4 is 10.6 Å². The topological polar surface area (TPSA) is 61.4 Å². The first-order valence-corrected chi connectivity index (χ1v) is 7.63. The predicted octanol–water partition coefficient (Wildman–Crippen LogP) is 1.28. The van der Waals surface area contributed by atoms with E-state index in [1.54, 1.807) is 6.92 Å². The Balaban J connectivity index is 2.46. The molecule has 0 aromatic rings. The molecule has 0 spiro atoms. The van der Waals surface area contributed by atoms with Crippen molar-refractivity contribution in [2.75, 3.05) is 13.1 Å². The molecule has 2 N–H and O–H groups in total. The molecule has 0 aliphatic carbocycles. The van der Waals surface area contributed by atoms with Gasteiger partial charge in [-0.05, 0) is 47.0 Å². The molecule has 1 fully saturated rings. The quantitative estimate of drug-likeness (QED) is 0.772. The number of nitrogens with one attached hydrogen (secondary N) is 2. The molecule has 0 saturated carbocycles. The zero-order valence-corrected chi connectivity index (χ0v) is 13.5. The highest BCUT2D eigenvalue weighted by atomic mass is 16.2. The Bertz CT molecular complexity index is 349. The monoisotopic (exact) mass is 283 g/mol. The normalized spacial score (nSPS) is 18.8. The van der Waals surface area contributed by atoms with Crippen LogP contribution in [0.4, 0.5) is 0 Å². The maximum atomic E-state index is 12.2. The summed E-state index contributed by atoms with van der Waals surface area (Å²) in [4.78, 5) is 26.1. The van der Waals surface area contributed by atoms with Gasteiger partial charge < -0.3 is 10.2 Å². The summed E-state index contributed by atoms with van der Waals surface area (Å²) in [6.07, 6.45) is 3.03. The summed E-state index contributed by atoms with van der Waals surface area (Å²) >= 11 is 0. The molecule has 2 amide bonds. The van der Waals surface area contributed by atoms with E-state index in [4.69, 9.17) is 0 Å². The summed E-state index contributed by atoms with van der Waals surface area (Å²) < 4.78 is 0. The maximum Gasteiger partial charge on any atom is 0.239 e. The minimum absolute atomic E-state index is 0.0575. The second-order valence-corrected chi connectivity index (χ2v) is 6.37. The number of likely N-dealkylation sites (tertiary alicyclic amines) is 1. The molecule has 0 bridgehead atoms. The lowest BCUT2D eigenvalue weighted by Crippen LogP contribution is -2.55. The number of nitrogens with zero attached hydrogens (tertiary/aromatic N) is 1. The molecule has 1 saturated heterocycles. The first-order chi connectivity index (χ1) is 9.26. The smallest absolute Gasteiger partial charge is 0.239 e. The lowest BCUT2D eigenvalue weighted by atomic mass is 10.0. The molecule has 0 radical (unpaired) electrons. The lowest BCUT2D eigenvalue weighted by molar-refractivity contribution is -0.132. The van der Waals surface area contributed by atoms with Crippen LogP contribution in [0.5, 0.6) is 0 Å². The van der Waals surface area contributed by atoms with Gasteiger partial charge in [-0.3, -0.25) is 14.9 Å². The molecule has 1 aliphatic heterocycles. The van der Waals surface area contributed by atoms with Crippen LogP contribution in [0.15, 0.2) is 0 Å². The molecular formula is C15H29N3O2. The van der Waals surface area contributed by atoms with Crippen molar-refractivity contribution in [2.45, 2.75) is 71.5 Å². The fourth-order valence-corrected chi connectivity index (χ4v) is 2.26. The molecule has 1 aliphatic rings. The Kier molecular flexibility index (Phi) is 5.99. The molecule has 5 nitrogen and oxygen atoms in total. The molecule has 0 aromatic heterocycles. The number of carbonyl (C=O) groups is 2. The minimum Gasteiger partial charge on any atom is -0.350 e. The van der Waals surface area contributed by atoms with Crippen molar-refractivity contribution in [3.05, 3.63) is 0 Å². The van der Waals surface area contributed by atoms with E-state index in [2.05, 4.69) is 10.6 Å². The van der Waals surface area contributed by atoms with E-state index in [0.29, 0.717) is 0 Å². The second kappa shape index (κ2) is 7.07. The third-order valence-electron chi connectivity index (χ3n) is 4.03. The maximum absolute atomic E-state index is 12.2. The van der Waals surface area contributed by atoms with Crippen LogP contribution in [0.2, 0.25) is 0 Å². The molecule has 116 valence electrons.